The van der Waals surface area contributed by atoms with Gasteiger partial charge in [0.15, 0.2) is 0 Å². The maximum absolute atomic E-state index is 12.4. The molecule has 0 unspecified atom stereocenters. The molecule has 0 radical (unpaired) electrons. The van der Waals surface area contributed by atoms with Gasteiger partial charge >= 0.3 is 5.97 Å². The van der Waals surface area contributed by atoms with Gasteiger partial charge in [-0.05, 0) is 38.1 Å². The molecule has 1 N–H and O–H groups in total. The van der Waals surface area contributed by atoms with Crippen LogP contribution >= 0.6 is 11.6 Å². The Balaban J connectivity index is 2.22. The van der Waals surface area contributed by atoms with Gasteiger partial charge in [0.1, 0.15) is 22.4 Å². The number of methoxy groups -OCH3 is 1. The fourth-order valence-corrected chi connectivity index (χ4v) is 3.67. The Hall–Kier alpha value is -2.16. The van der Waals surface area contributed by atoms with Crippen LogP contribution in [0.25, 0.3) is 0 Å². The predicted octanol–water partition coefficient (Wildman–Crippen LogP) is 2.79. The maximum atomic E-state index is 12.4. The van der Waals surface area contributed by atoms with Crippen molar-refractivity contribution >= 4 is 27.6 Å². The van der Waals surface area contributed by atoms with Gasteiger partial charge in [-0.25, -0.2) is 22.9 Å². The van der Waals surface area contributed by atoms with E-state index in [1.165, 1.54) is 31.5 Å². The SMILES string of the molecule is COc1ccc(C(=O)OCc2ccc(Cl)nc2)cc1S(=O)(=O)NC(C)C. The number of halogens is 1. The number of hydrogen-bond acceptors (Lipinski definition) is 6. The minimum Gasteiger partial charge on any atom is -0.495 e. The second-order valence-corrected chi connectivity index (χ2v) is 7.78. The molecule has 0 aliphatic carbocycles. The first-order chi connectivity index (χ1) is 12.2. The van der Waals surface area contributed by atoms with E-state index in [-0.39, 0.29) is 28.9 Å². The summed E-state index contributed by atoms with van der Waals surface area (Å²) in [5, 5.41) is 0.336. The van der Waals surface area contributed by atoms with Crippen molar-refractivity contribution in [3.8, 4) is 5.75 Å². The molecule has 7 nitrogen and oxygen atoms in total. The number of esters is 1. The summed E-state index contributed by atoms with van der Waals surface area (Å²) in [4.78, 5) is 16.0. The smallest absolute Gasteiger partial charge is 0.338 e. The topological polar surface area (TPSA) is 94.6 Å². The van der Waals surface area contributed by atoms with Gasteiger partial charge in [-0.1, -0.05) is 17.7 Å². The van der Waals surface area contributed by atoms with E-state index in [1.807, 2.05) is 0 Å². The molecule has 0 aliphatic heterocycles. The average molecular weight is 399 g/mol. The van der Waals surface area contributed by atoms with Gasteiger partial charge in [-0.2, -0.15) is 0 Å². The molecule has 26 heavy (non-hydrogen) atoms. The lowest BCUT2D eigenvalue weighted by Gasteiger charge is -2.14. The highest BCUT2D eigenvalue weighted by Gasteiger charge is 2.23. The first-order valence-electron chi connectivity index (χ1n) is 7.71. The molecule has 1 aromatic carbocycles. The molecule has 0 saturated heterocycles. The van der Waals surface area contributed by atoms with Gasteiger partial charge in [0.2, 0.25) is 10.0 Å². The molecule has 9 heteroatoms. The molecule has 0 saturated carbocycles. The molecule has 0 spiro atoms. The van der Waals surface area contributed by atoms with Crippen LogP contribution in [0.15, 0.2) is 41.4 Å². The molecule has 1 heterocycles. The Bertz CT molecular complexity index is 883. The molecular weight excluding hydrogens is 380 g/mol. The highest BCUT2D eigenvalue weighted by molar-refractivity contribution is 7.89. The van der Waals surface area contributed by atoms with Crippen LogP contribution in [0, 0.1) is 0 Å². The largest absolute Gasteiger partial charge is 0.495 e. The number of hydrogen-bond donors (Lipinski definition) is 1. The van der Waals surface area contributed by atoms with E-state index in [2.05, 4.69) is 9.71 Å². The van der Waals surface area contributed by atoms with Gasteiger partial charge in [0.25, 0.3) is 0 Å². The van der Waals surface area contributed by atoms with Crippen molar-refractivity contribution in [1.82, 2.24) is 9.71 Å². The minimum absolute atomic E-state index is 0.0125. The summed E-state index contributed by atoms with van der Waals surface area (Å²) in [5.41, 5.74) is 0.752. The molecule has 2 aromatic rings. The van der Waals surface area contributed by atoms with Crippen molar-refractivity contribution in [2.24, 2.45) is 0 Å². The lowest BCUT2D eigenvalue weighted by molar-refractivity contribution is 0.0472. The summed E-state index contributed by atoms with van der Waals surface area (Å²) in [5.74, 6) is -0.528. The van der Waals surface area contributed by atoms with Gasteiger partial charge in [-0.15, -0.1) is 0 Å². The summed E-state index contributed by atoms with van der Waals surface area (Å²) in [7, 11) is -2.48. The number of carbonyl (C=O) groups excluding carboxylic acids is 1. The van der Waals surface area contributed by atoms with E-state index in [4.69, 9.17) is 21.1 Å². The highest BCUT2D eigenvalue weighted by atomic mass is 35.5. The van der Waals surface area contributed by atoms with Gasteiger partial charge in [-0.3, -0.25) is 0 Å². The number of nitrogens with one attached hydrogen (secondary N) is 1. The van der Waals surface area contributed by atoms with E-state index >= 15 is 0 Å². The zero-order valence-corrected chi connectivity index (χ0v) is 16.1. The van der Waals surface area contributed by atoms with Crippen molar-refractivity contribution in [2.45, 2.75) is 31.4 Å². The number of sulfonamides is 1. The second-order valence-electron chi connectivity index (χ2n) is 5.71. The summed E-state index contributed by atoms with van der Waals surface area (Å²) in [6.07, 6.45) is 1.49. The molecule has 0 amide bonds. The van der Waals surface area contributed by atoms with Crippen molar-refractivity contribution in [1.29, 1.82) is 0 Å². The molecule has 1 aromatic heterocycles. The number of aromatic nitrogens is 1. The van der Waals surface area contributed by atoms with Crippen LogP contribution in [0.2, 0.25) is 5.15 Å². The molecule has 0 aliphatic rings. The number of carbonyl (C=O) groups is 1. The van der Waals surface area contributed by atoms with Crippen LogP contribution < -0.4 is 9.46 Å². The third-order valence-electron chi connectivity index (χ3n) is 3.24. The van der Waals surface area contributed by atoms with Gasteiger partial charge in [0.05, 0.1) is 12.7 Å². The Morgan fingerprint density at radius 3 is 2.58 bits per heavy atom. The number of rotatable bonds is 7. The Labute approximate surface area is 157 Å². The summed E-state index contributed by atoms with van der Waals surface area (Å²) < 4.78 is 37.6. The van der Waals surface area contributed by atoms with E-state index in [9.17, 15) is 13.2 Å². The fourth-order valence-electron chi connectivity index (χ4n) is 2.11. The predicted molar refractivity (Wildman–Crippen MR) is 96.8 cm³/mol. The first kappa shape index (κ1) is 20.2. The zero-order chi connectivity index (χ0) is 19.3. The monoisotopic (exact) mass is 398 g/mol. The van der Waals surface area contributed by atoms with Crippen molar-refractivity contribution in [2.75, 3.05) is 7.11 Å². The van der Waals surface area contributed by atoms with E-state index in [1.54, 1.807) is 26.0 Å². The molecular formula is C17H19ClN2O5S. The number of nitrogens with zero attached hydrogens (tertiary/aromatic N) is 1. The highest BCUT2D eigenvalue weighted by Crippen LogP contribution is 2.25. The van der Waals surface area contributed by atoms with Crippen LogP contribution in [0.3, 0.4) is 0 Å². The quantitative estimate of drug-likeness (QED) is 0.569. The number of benzene rings is 1. The molecule has 2 rings (SSSR count). The third-order valence-corrected chi connectivity index (χ3v) is 5.14. The Morgan fingerprint density at radius 2 is 2.00 bits per heavy atom. The molecule has 0 bridgehead atoms. The molecule has 140 valence electrons. The van der Waals surface area contributed by atoms with Crippen LogP contribution in [-0.4, -0.2) is 32.5 Å². The molecule has 0 fully saturated rings. The number of ether oxygens (including phenoxy) is 2. The maximum Gasteiger partial charge on any atom is 0.338 e. The zero-order valence-electron chi connectivity index (χ0n) is 14.5. The normalized spacial score (nSPS) is 11.4. The number of pyridine rings is 1. The lowest BCUT2D eigenvalue weighted by Crippen LogP contribution is -2.30. The first-order valence-corrected chi connectivity index (χ1v) is 9.57. The van der Waals surface area contributed by atoms with Gasteiger partial charge in [0, 0.05) is 17.8 Å². The summed E-state index contributed by atoms with van der Waals surface area (Å²) in [6, 6.07) is 7.04. The third kappa shape index (κ3) is 5.17. The van der Waals surface area contributed by atoms with E-state index in [0.717, 1.165) is 0 Å². The lowest BCUT2D eigenvalue weighted by atomic mass is 10.2. The van der Waals surface area contributed by atoms with Crippen LogP contribution in [0.4, 0.5) is 0 Å². The second kappa shape index (κ2) is 8.48. The van der Waals surface area contributed by atoms with E-state index in [0.29, 0.717) is 10.7 Å². The summed E-state index contributed by atoms with van der Waals surface area (Å²) in [6.45, 7) is 3.38. The summed E-state index contributed by atoms with van der Waals surface area (Å²) >= 11 is 5.70. The van der Waals surface area contributed by atoms with Crippen molar-refractivity contribution in [3.05, 3.63) is 52.8 Å². The van der Waals surface area contributed by atoms with Crippen LogP contribution in [-0.2, 0) is 21.4 Å². The van der Waals surface area contributed by atoms with Crippen molar-refractivity contribution in [3.63, 3.8) is 0 Å². The van der Waals surface area contributed by atoms with Gasteiger partial charge < -0.3 is 9.47 Å². The average Bonchev–Trinajstić information content (AvgIpc) is 2.59. The molecule has 0 atom stereocenters. The standard InChI is InChI=1S/C17H19ClN2O5S/c1-11(2)20-26(22,23)15-8-13(5-6-14(15)24-3)17(21)25-10-12-4-7-16(18)19-9-12/h4-9,11,20H,10H2,1-3H3. The van der Waals surface area contributed by atoms with E-state index < -0.39 is 16.0 Å². The van der Waals surface area contributed by atoms with Crippen LogP contribution in [0.1, 0.15) is 29.8 Å². The van der Waals surface area contributed by atoms with Crippen LogP contribution in [0.5, 0.6) is 5.75 Å². The Kier molecular flexibility index (Phi) is 6.57. The van der Waals surface area contributed by atoms with Crippen molar-refractivity contribution < 1.29 is 22.7 Å². The minimum atomic E-state index is -3.84. The fraction of sp³-hybridized carbons (Fsp3) is 0.294. The Morgan fingerprint density at radius 1 is 1.27 bits per heavy atom.